The maximum atomic E-state index is 9.57. The molecule has 0 bridgehead atoms. The number of hydrogen-bond donors (Lipinski definition) is 1. The Labute approximate surface area is 111 Å². The van der Waals surface area contributed by atoms with Crippen molar-refractivity contribution in [2.75, 3.05) is 13.2 Å². The first-order valence-corrected chi connectivity index (χ1v) is 6.30. The first-order chi connectivity index (χ1) is 8.71. The van der Waals surface area contributed by atoms with Gasteiger partial charge in [-0.3, -0.25) is 0 Å². The average Bonchev–Trinajstić information content (AvgIpc) is 2.36. The van der Waals surface area contributed by atoms with Gasteiger partial charge in [0.25, 0.3) is 0 Å². The maximum Gasteiger partial charge on any atom is 0.119 e. The van der Waals surface area contributed by atoms with Crippen LogP contribution in [-0.4, -0.2) is 18.3 Å². The second kappa shape index (κ2) is 10.6. The minimum atomic E-state index is 0.347. The van der Waals surface area contributed by atoms with Gasteiger partial charge in [0.05, 0.1) is 0 Å². The van der Waals surface area contributed by atoms with Gasteiger partial charge >= 0.3 is 0 Å². The van der Waals surface area contributed by atoms with Crippen LogP contribution in [0.1, 0.15) is 25.0 Å². The molecular formula is C16H24O2. The molecule has 18 heavy (non-hydrogen) atoms. The second-order valence-corrected chi connectivity index (χ2v) is 3.68. The molecule has 0 heterocycles. The summed E-state index contributed by atoms with van der Waals surface area (Å²) < 4.78 is 4.83. The van der Waals surface area contributed by atoms with E-state index in [-0.39, 0.29) is 0 Å². The Morgan fingerprint density at radius 3 is 2.17 bits per heavy atom. The van der Waals surface area contributed by atoms with Gasteiger partial charge in [0.15, 0.2) is 0 Å². The van der Waals surface area contributed by atoms with E-state index in [9.17, 15) is 5.11 Å². The monoisotopic (exact) mass is 248 g/mol. The summed E-state index contributed by atoms with van der Waals surface area (Å²) in [5.74, 6) is 0.347. The van der Waals surface area contributed by atoms with Crippen molar-refractivity contribution in [3.63, 3.8) is 0 Å². The molecule has 0 radical (unpaired) electrons. The molecule has 0 aromatic heterocycles. The molecule has 0 aliphatic carbocycles. The van der Waals surface area contributed by atoms with Crippen LogP contribution in [0.2, 0.25) is 0 Å². The molecule has 1 aromatic carbocycles. The quantitative estimate of drug-likeness (QED) is 0.774. The molecular weight excluding hydrogens is 224 g/mol. The van der Waals surface area contributed by atoms with Crippen LogP contribution < -0.4 is 0 Å². The van der Waals surface area contributed by atoms with Crippen LogP contribution in [0.15, 0.2) is 43.5 Å². The number of rotatable bonds is 6. The highest BCUT2D eigenvalue weighted by atomic mass is 16.5. The lowest BCUT2D eigenvalue weighted by Gasteiger charge is -2.07. The van der Waals surface area contributed by atoms with E-state index < -0.39 is 0 Å². The molecule has 0 amide bonds. The summed E-state index contributed by atoms with van der Waals surface area (Å²) in [5, 5.41) is 9.57. The molecule has 0 fully saturated rings. The zero-order chi connectivity index (χ0) is 13.8. The van der Waals surface area contributed by atoms with Crippen LogP contribution in [0.3, 0.4) is 0 Å². The standard InChI is InChI=1S/C12H14O.C4H10O/c1-3-6-10-8-5-9-12(13)11(10)7-4-2;1-3-5-4-2/h3-5,8-9,13H,1-2,6-7H2;3-4H2,1-2H3. The average molecular weight is 248 g/mol. The highest BCUT2D eigenvalue weighted by molar-refractivity contribution is 5.41. The molecule has 2 nitrogen and oxygen atoms in total. The molecule has 0 aliphatic heterocycles. The molecule has 0 saturated carbocycles. The molecule has 0 atom stereocenters. The largest absolute Gasteiger partial charge is 0.508 e. The highest BCUT2D eigenvalue weighted by Crippen LogP contribution is 2.22. The van der Waals surface area contributed by atoms with Gasteiger partial charge in [-0.2, -0.15) is 0 Å². The van der Waals surface area contributed by atoms with E-state index in [1.54, 1.807) is 12.1 Å². The summed E-state index contributed by atoms with van der Waals surface area (Å²) in [6, 6.07) is 5.55. The zero-order valence-corrected chi connectivity index (χ0v) is 11.5. The smallest absolute Gasteiger partial charge is 0.119 e. The first-order valence-electron chi connectivity index (χ1n) is 6.30. The lowest BCUT2D eigenvalue weighted by molar-refractivity contribution is 0.162. The van der Waals surface area contributed by atoms with E-state index in [1.807, 2.05) is 32.1 Å². The van der Waals surface area contributed by atoms with Gasteiger partial charge in [0.1, 0.15) is 5.75 Å². The van der Waals surface area contributed by atoms with Crippen LogP contribution in [0.4, 0.5) is 0 Å². The van der Waals surface area contributed by atoms with Crippen LogP contribution in [0.5, 0.6) is 5.75 Å². The number of allylic oxidation sites excluding steroid dienone is 2. The van der Waals surface area contributed by atoms with Crippen molar-refractivity contribution in [1.29, 1.82) is 0 Å². The Hall–Kier alpha value is -1.54. The number of ether oxygens (including phenoxy) is 1. The third-order valence-corrected chi connectivity index (χ3v) is 2.37. The summed E-state index contributed by atoms with van der Waals surface area (Å²) in [7, 11) is 0. The topological polar surface area (TPSA) is 29.5 Å². The Balaban J connectivity index is 0.000000494. The van der Waals surface area contributed by atoms with Crippen LogP contribution in [0.25, 0.3) is 0 Å². The maximum absolute atomic E-state index is 9.57. The lowest BCUT2D eigenvalue weighted by Crippen LogP contribution is -1.91. The SMILES string of the molecule is C=CCc1cccc(O)c1CC=C.CCOCC. The number of benzene rings is 1. The van der Waals surface area contributed by atoms with E-state index in [0.717, 1.165) is 30.8 Å². The fourth-order valence-corrected chi connectivity index (χ4v) is 1.55. The van der Waals surface area contributed by atoms with E-state index in [0.29, 0.717) is 12.2 Å². The molecule has 100 valence electrons. The fraction of sp³-hybridized carbons (Fsp3) is 0.375. The summed E-state index contributed by atoms with van der Waals surface area (Å²) in [5.41, 5.74) is 2.08. The third-order valence-electron chi connectivity index (χ3n) is 2.37. The van der Waals surface area contributed by atoms with Crippen molar-refractivity contribution in [3.8, 4) is 5.75 Å². The van der Waals surface area contributed by atoms with Crippen molar-refractivity contribution >= 4 is 0 Å². The van der Waals surface area contributed by atoms with E-state index in [4.69, 9.17) is 4.74 Å². The van der Waals surface area contributed by atoms with Crippen molar-refractivity contribution in [2.45, 2.75) is 26.7 Å². The third kappa shape index (κ3) is 6.26. The van der Waals surface area contributed by atoms with Crippen molar-refractivity contribution in [1.82, 2.24) is 0 Å². The Morgan fingerprint density at radius 2 is 1.72 bits per heavy atom. The Kier molecular flexibility index (Phi) is 9.70. The van der Waals surface area contributed by atoms with E-state index in [1.165, 1.54) is 0 Å². The predicted octanol–water partition coefficient (Wildman–Crippen LogP) is 3.89. The molecule has 1 rings (SSSR count). The Bertz CT molecular complexity index is 354. The van der Waals surface area contributed by atoms with Gasteiger partial charge in [-0.1, -0.05) is 24.3 Å². The summed E-state index contributed by atoms with van der Waals surface area (Å²) >= 11 is 0. The normalized spacial score (nSPS) is 9.22. The van der Waals surface area contributed by atoms with Crippen molar-refractivity contribution in [3.05, 3.63) is 54.6 Å². The van der Waals surface area contributed by atoms with Gasteiger partial charge in [-0.25, -0.2) is 0 Å². The summed E-state index contributed by atoms with van der Waals surface area (Å²) in [6.45, 7) is 13.0. The molecule has 1 aromatic rings. The number of aromatic hydroxyl groups is 1. The van der Waals surface area contributed by atoms with Gasteiger partial charge in [0.2, 0.25) is 0 Å². The Morgan fingerprint density at radius 1 is 1.11 bits per heavy atom. The predicted molar refractivity (Wildman–Crippen MR) is 78.1 cm³/mol. The number of phenolic OH excluding ortho intramolecular Hbond substituents is 1. The van der Waals surface area contributed by atoms with Crippen LogP contribution in [-0.2, 0) is 17.6 Å². The first kappa shape index (κ1) is 16.5. The van der Waals surface area contributed by atoms with Gasteiger partial charge < -0.3 is 9.84 Å². The molecule has 0 aliphatic rings. The lowest BCUT2D eigenvalue weighted by atomic mass is 10.0. The molecule has 0 spiro atoms. The minimum absolute atomic E-state index is 0.347. The van der Waals surface area contributed by atoms with Crippen LogP contribution >= 0.6 is 0 Å². The molecule has 2 heteroatoms. The molecule has 1 N–H and O–H groups in total. The van der Waals surface area contributed by atoms with Crippen LogP contribution in [0, 0.1) is 0 Å². The van der Waals surface area contributed by atoms with Crippen molar-refractivity contribution in [2.24, 2.45) is 0 Å². The van der Waals surface area contributed by atoms with Crippen molar-refractivity contribution < 1.29 is 9.84 Å². The fourth-order valence-electron chi connectivity index (χ4n) is 1.55. The molecule has 0 saturated heterocycles. The highest BCUT2D eigenvalue weighted by Gasteiger charge is 2.03. The minimum Gasteiger partial charge on any atom is -0.508 e. The summed E-state index contributed by atoms with van der Waals surface area (Å²) in [4.78, 5) is 0. The van der Waals surface area contributed by atoms with E-state index in [2.05, 4.69) is 13.2 Å². The van der Waals surface area contributed by atoms with Gasteiger partial charge in [-0.15, -0.1) is 13.2 Å². The second-order valence-electron chi connectivity index (χ2n) is 3.68. The number of hydrogen-bond acceptors (Lipinski definition) is 2. The number of phenols is 1. The van der Waals surface area contributed by atoms with Gasteiger partial charge in [-0.05, 0) is 38.3 Å². The zero-order valence-electron chi connectivity index (χ0n) is 11.5. The van der Waals surface area contributed by atoms with E-state index >= 15 is 0 Å². The molecule has 0 unspecified atom stereocenters. The summed E-state index contributed by atoms with van der Waals surface area (Å²) in [6.07, 6.45) is 5.12. The van der Waals surface area contributed by atoms with Gasteiger partial charge in [0, 0.05) is 18.8 Å².